The Hall–Kier alpha value is -0.900. The lowest BCUT2D eigenvalue weighted by Gasteiger charge is -2.32. The van der Waals surface area contributed by atoms with E-state index in [9.17, 15) is 9.59 Å². The summed E-state index contributed by atoms with van der Waals surface area (Å²) in [7, 11) is 0. The monoisotopic (exact) mass is 185 g/mol. The van der Waals surface area contributed by atoms with Crippen LogP contribution < -0.4 is 5.73 Å². The van der Waals surface area contributed by atoms with E-state index in [2.05, 4.69) is 0 Å². The van der Waals surface area contributed by atoms with Gasteiger partial charge in [0.2, 0.25) is 0 Å². The van der Waals surface area contributed by atoms with Crippen LogP contribution in [0, 0.1) is 5.92 Å². The molecule has 0 saturated heterocycles. The van der Waals surface area contributed by atoms with Crippen molar-refractivity contribution in [3.63, 3.8) is 0 Å². The summed E-state index contributed by atoms with van der Waals surface area (Å²) in [5.74, 6) is -1.32. The van der Waals surface area contributed by atoms with Gasteiger partial charge in [-0.1, -0.05) is 0 Å². The molecule has 0 aromatic carbocycles. The Bertz CT molecular complexity index is 242. The van der Waals surface area contributed by atoms with E-state index in [-0.39, 0.29) is 11.8 Å². The summed E-state index contributed by atoms with van der Waals surface area (Å²) < 4.78 is 5.04. The maximum Gasteiger partial charge on any atom is 0.318 e. The first-order chi connectivity index (χ1) is 5.81. The summed E-state index contributed by atoms with van der Waals surface area (Å²) in [4.78, 5) is 22.3. The van der Waals surface area contributed by atoms with Crippen LogP contribution in [0.3, 0.4) is 0 Å². The van der Waals surface area contributed by atoms with Gasteiger partial charge in [-0.05, 0) is 20.8 Å². The zero-order valence-electron chi connectivity index (χ0n) is 8.16. The zero-order chi connectivity index (χ0) is 10.2. The quantitative estimate of drug-likeness (QED) is 0.469. The minimum atomic E-state index is -0.723. The molecule has 0 heterocycles. The molecule has 4 heteroatoms. The van der Waals surface area contributed by atoms with Gasteiger partial charge in [0.05, 0.1) is 0 Å². The summed E-state index contributed by atoms with van der Waals surface area (Å²) in [6.07, 6.45) is 0.296. The average Bonchev–Trinajstić information content (AvgIpc) is 1.80. The Morgan fingerprint density at radius 2 is 2.08 bits per heavy atom. The molecular formula is C9H15NO3. The highest BCUT2D eigenvalue weighted by Crippen LogP contribution is 2.24. The molecule has 1 fully saturated rings. The van der Waals surface area contributed by atoms with Gasteiger partial charge in [0.25, 0.3) is 0 Å². The average molecular weight is 185 g/mol. The third kappa shape index (κ3) is 2.28. The lowest BCUT2D eigenvalue weighted by molar-refractivity contribution is -0.166. The largest absolute Gasteiger partial charge is 0.459 e. The van der Waals surface area contributed by atoms with E-state index < -0.39 is 17.5 Å². The number of esters is 1. The van der Waals surface area contributed by atoms with Gasteiger partial charge in [-0.2, -0.15) is 0 Å². The maximum atomic E-state index is 11.3. The lowest BCUT2D eigenvalue weighted by Crippen LogP contribution is -2.53. The van der Waals surface area contributed by atoms with Gasteiger partial charge in [0.1, 0.15) is 17.3 Å². The van der Waals surface area contributed by atoms with E-state index >= 15 is 0 Å². The molecule has 0 aromatic heterocycles. The Labute approximate surface area is 77.4 Å². The Balaban J connectivity index is 2.54. The van der Waals surface area contributed by atoms with E-state index in [1.54, 1.807) is 20.8 Å². The number of rotatable bonds is 1. The molecule has 2 N–H and O–H groups in total. The van der Waals surface area contributed by atoms with Crippen LogP contribution in [0.1, 0.15) is 27.2 Å². The van der Waals surface area contributed by atoms with Crippen molar-refractivity contribution in [1.82, 2.24) is 0 Å². The molecule has 1 rings (SSSR count). The molecule has 4 nitrogen and oxygen atoms in total. The van der Waals surface area contributed by atoms with Crippen molar-refractivity contribution in [3.05, 3.63) is 0 Å². The minimum absolute atomic E-state index is 0.109. The molecule has 2 atom stereocenters. The van der Waals surface area contributed by atoms with Crippen molar-refractivity contribution in [2.75, 3.05) is 0 Å². The van der Waals surface area contributed by atoms with Gasteiger partial charge in [-0.25, -0.2) is 0 Å². The van der Waals surface area contributed by atoms with E-state index in [0.29, 0.717) is 6.42 Å². The van der Waals surface area contributed by atoms with Crippen molar-refractivity contribution in [1.29, 1.82) is 0 Å². The van der Waals surface area contributed by atoms with Crippen molar-refractivity contribution >= 4 is 11.8 Å². The number of ketones is 1. The molecule has 0 radical (unpaired) electrons. The summed E-state index contributed by atoms with van der Waals surface area (Å²) in [5, 5.41) is 0. The van der Waals surface area contributed by atoms with Gasteiger partial charge in [0.15, 0.2) is 0 Å². The number of carbonyl (C=O) groups is 2. The smallest absolute Gasteiger partial charge is 0.318 e. The van der Waals surface area contributed by atoms with Crippen LogP contribution in [0.2, 0.25) is 0 Å². The van der Waals surface area contributed by atoms with Crippen LogP contribution in [-0.2, 0) is 14.3 Å². The second-order valence-electron chi connectivity index (χ2n) is 4.35. The normalized spacial score (nSPS) is 28.2. The van der Waals surface area contributed by atoms with Crippen LogP contribution in [0.25, 0.3) is 0 Å². The Morgan fingerprint density at radius 1 is 1.54 bits per heavy atom. The summed E-state index contributed by atoms with van der Waals surface area (Å²) in [6.45, 7) is 5.29. The molecule has 0 spiro atoms. The summed E-state index contributed by atoms with van der Waals surface area (Å²) >= 11 is 0. The Kier molecular flexibility index (Phi) is 2.43. The molecule has 0 aromatic rings. The summed E-state index contributed by atoms with van der Waals surface area (Å²) in [5.41, 5.74) is 4.96. The van der Waals surface area contributed by atoms with Crippen LogP contribution in [0.15, 0.2) is 0 Å². The first-order valence-electron chi connectivity index (χ1n) is 4.32. The standard InChI is InChI=1S/C9H15NO3/c1-9(2,3)13-8(12)7-5(10)4-6(7)11/h5,7H,4,10H2,1-3H3. The molecular weight excluding hydrogens is 170 g/mol. The van der Waals surface area contributed by atoms with E-state index in [4.69, 9.17) is 10.5 Å². The fourth-order valence-electron chi connectivity index (χ4n) is 1.23. The van der Waals surface area contributed by atoms with E-state index in [0.717, 1.165) is 0 Å². The van der Waals surface area contributed by atoms with Gasteiger partial charge in [0, 0.05) is 12.5 Å². The number of nitrogens with two attached hydrogens (primary N) is 1. The number of ether oxygens (including phenoxy) is 1. The zero-order valence-corrected chi connectivity index (χ0v) is 8.16. The molecule has 1 aliphatic rings. The third-order valence-electron chi connectivity index (χ3n) is 1.87. The summed E-state index contributed by atoms with van der Waals surface area (Å²) in [6, 6.07) is -0.345. The van der Waals surface area contributed by atoms with Gasteiger partial charge >= 0.3 is 5.97 Å². The molecule has 0 aliphatic heterocycles. The second kappa shape index (κ2) is 3.10. The minimum Gasteiger partial charge on any atom is -0.459 e. The van der Waals surface area contributed by atoms with Crippen LogP contribution in [0.4, 0.5) is 0 Å². The van der Waals surface area contributed by atoms with E-state index in [1.165, 1.54) is 0 Å². The van der Waals surface area contributed by atoms with Crippen LogP contribution in [0.5, 0.6) is 0 Å². The highest BCUT2D eigenvalue weighted by atomic mass is 16.6. The number of hydrogen-bond acceptors (Lipinski definition) is 4. The third-order valence-corrected chi connectivity index (χ3v) is 1.87. The van der Waals surface area contributed by atoms with Crippen molar-refractivity contribution in [2.24, 2.45) is 11.7 Å². The van der Waals surface area contributed by atoms with Crippen molar-refractivity contribution in [3.8, 4) is 0 Å². The number of Topliss-reactive ketones (excluding diaryl/α,β-unsaturated/α-hetero) is 1. The highest BCUT2D eigenvalue weighted by molar-refractivity contribution is 6.05. The SMILES string of the molecule is CC(C)(C)OC(=O)C1C(=O)CC1N. The maximum absolute atomic E-state index is 11.3. The molecule has 0 bridgehead atoms. The number of hydrogen-bond donors (Lipinski definition) is 1. The predicted molar refractivity (Wildman–Crippen MR) is 46.9 cm³/mol. The first kappa shape index (κ1) is 10.2. The molecule has 1 saturated carbocycles. The van der Waals surface area contributed by atoms with Crippen molar-refractivity contribution in [2.45, 2.75) is 38.8 Å². The molecule has 2 unspecified atom stereocenters. The van der Waals surface area contributed by atoms with Gasteiger partial charge in [-0.15, -0.1) is 0 Å². The molecule has 13 heavy (non-hydrogen) atoms. The van der Waals surface area contributed by atoms with Crippen molar-refractivity contribution < 1.29 is 14.3 Å². The predicted octanol–water partition coefficient (Wildman–Crippen LogP) is 0.244. The van der Waals surface area contributed by atoms with E-state index in [1.807, 2.05) is 0 Å². The highest BCUT2D eigenvalue weighted by Gasteiger charge is 2.44. The van der Waals surface area contributed by atoms with Gasteiger partial charge in [-0.3, -0.25) is 9.59 Å². The number of carbonyl (C=O) groups excluding carboxylic acids is 2. The van der Waals surface area contributed by atoms with Gasteiger partial charge < -0.3 is 10.5 Å². The van der Waals surface area contributed by atoms with Crippen LogP contribution >= 0.6 is 0 Å². The Morgan fingerprint density at radius 3 is 2.38 bits per heavy atom. The first-order valence-corrected chi connectivity index (χ1v) is 4.32. The molecule has 1 aliphatic carbocycles. The second-order valence-corrected chi connectivity index (χ2v) is 4.35. The lowest BCUT2D eigenvalue weighted by atomic mass is 9.79. The van der Waals surface area contributed by atoms with Crippen LogP contribution in [-0.4, -0.2) is 23.4 Å². The molecule has 74 valence electrons. The fourth-order valence-corrected chi connectivity index (χ4v) is 1.23. The topological polar surface area (TPSA) is 69.4 Å². The fraction of sp³-hybridized carbons (Fsp3) is 0.778. The molecule has 0 amide bonds.